The van der Waals surface area contributed by atoms with E-state index in [2.05, 4.69) is 10.2 Å². The molecule has 1 aromatic rings. The van der Waals surface area contributed by atoms with E-state index < -0.39 is 0 Å². The number of nitrogens with zero attached hydrogens (tertiary/aromatic N) is 1. The van der Waals surface area contributed by atoms with Gasteiger partial charge in [-0.1, -0.05) is 12.1 Å². The van der Waals surface area contributed by atoms with E-state index in [0.717, 1.165) is 38.0 Å². The monoisotopic (exact) mass is 274 g/mol. The number of ether oxygens (including phenoxy) is 1. The van der Waals surface area contributed by atoms with E-state index in [-0.39, 0.29) is 11.9 Å². The van der Waals surface area contributed by atoms with E-state index in [9.17, 15) is 4.79 Å². The summed E-state index contributed by atoms with van der Waals surface area (Å²) in [4.78, 5) is 14.7. The Morgan fingerprint density at radius 1 is 1.30 bits per heavy atom. The zero-order valence-electron chi connectivity index (χ0n) is 12.0. The minimum absolute atomic E-state index is 0.0360. The summed E-state index contributed by atoms with van der Waals surface area (Å²) in [5.41, 5.74) is 1.17. The Morgan fingerprint density at radius 2 is 2.05 bits per heavy atom. The molecule has 3 rings (SSSR count). The maximum absolute atomic E-state index is 12.6. The van der Waals surface area contributed by atoms with Gasteiger partial charge < -0.3 is 15.0 Å². The number of carbonyl (C=O) groups is 1. The summed E-state index contributed by atoms with van der Waals surface area (Å²) in [6, 6.07) is 8.49. The van der Waals surface area contributed by atoms with Crippen LogP contribution < -0.4 is 10.1 Å². The number of carbonyl (C=O) groups excluding carboxylic acids is 1. The molecule has 0 aromatic heterocycles. The van der Waals surface area contributed by atoms with Gasteiger partial charge in [-0.25, -0.2) is 0 Å². The van der Waals surface area contributed by atoms with Crippen LogP contribution in [0.4, 0.5) is 0 Å². The fraction of sp³-hybridized carbons (Fsp3) is 0.562. The highest BCUT2D eigenvalue weighted by Crippen LogP contribution is 2.30. The van der Waals surface area contributed by atoms with Crippen LogP contribution in [-0.2, 0) is 11.3 Å². The van der Waals surface area contributed by atoms with Gasteiger partial charge in [-0.3, -0.25) is 4.79 Å². The molecule has 2 aliphatic rings. The quantitative estimate of drug-likeness (QED) is 0.892. The summed E-state index contributed by atoms with van der Waals surface area (Å²) in [7, 11) is 1.67. The molecule has 4 nitrogen and oxygen atoms in total. The average Bonchev–Trinajstić information content (AvgIpc) is 3.18. The molecular formula is C16H22N2O2. The van der Waals surface area contributed by atoms with E-state index in [1.54, 1.807) is 7.11 Å². The standard InChI is InChI=1S/C16H22N2O2/c1-20-14-8-4-12(5-9-14)11-18(13-6-7-13)16(19)15-3-2-10-17-15/h4-5,8-9,13,15,17H,2-3,6-7,10-11H2,1H3/t15-/m1/s1. The van der Waals surface area contributed by atoms with Crippen LogP contribution in [0.2, 0.25) is 0 Å². The van der Waals surface area contributed by atoms with E-state index in [0.29, 0.717) is 12.6 Å². The van der Waals surface area contributed by atoms with Crippen molar-refractivity contribution < 1.29 is 9.53 Å². The van der Waals surface area contributed by atoms with Crippen molar-refractivity contribution in [3.63, 3.8) is 0 Å². The third-order valence-corrected chi connectivity index (χ3v) is 4.14. The second kappa shape index (κ2) is 5.83. The number of hydrogen-bond acceptors (Lipinski definition) is 3. The van der Waals surface area contributed by atoms with Gasteiger partial charge in [0.25, 0.3) is 0 Å². The summed E-state index contributed by atoms with van der Waals surface area (Å²) < 4.78 is 5.17. The Morgan fingerprint density at radius 3 is 2.60 bits per heavy atom. The summed E-state index contributed by atoms with van der Waals surface area (Å²) in [6.45, 7) is 1.68. The van der Waals surface area contributed by atoms with Crippen molar-refractivity contribution in [2.24, 2.45) is 0 Å². The molecule has 1 saturated carbocycles. The van der Waals surface area contributed by atoms with Crippen LogP contribution in [0.1, 0.15) is 31.2 Å². The Labute approximate surface area is 120 Å². The zero-order valence-corrected chi connectivity index (χ0v) is 12.0. The normalized spacial score (nSPS) is 21.8. The van der Waals surface area contributed by atoms with Gasteiger partial charge in [-0.2, -0.15) is 0 Å². The van der Waals surface area contributed by atoms with Crippen molar-refractivity contribution in [3.05, 3.63) is 29.8 Å². The molecule has 0 bridgehead atoms. The third-order valence-electron chi connectivity index (χ3n) is 4.14. The summed E-state index contributed by atoms with van der Waals surface area (Å²) in [5, 5.41) is 3.31. The SMILES string of the molecule is COc1ccc(CN(C(=O)[C@H]2CCCN2)C2CC2)cc1. The average molecular weight is 274 g/mol. The number of methoxy groups -OCH3 is 1. The molecule has 1 aliphatic heterocycles. The molecule has 1 N–H and O–H groups in total. The van der Waals surface area contributed by atoms with Crippen molar-refractivity contribution in [1.29, 1.82) is 0 Å². The predicted octanol–water partition coefficient (Wildman–Crippen LogP) is 1.94. The highest BCUT2D eigenvalue weighted by atomic mass is 16.5. The van der Waals surface area contributed by atoms with Gasteiger partial charge in [-0.05, 0) is 49.9 Å². The molecule has 1 saturated heterocycles. The van der Waals surface area contributed by atoms with E-state index in [1.165, 1.54) is 5.56 Å². The molecule has 4 heteroatoms. The predicted molar refractivity (Wildman–Crippen MR) is 77.6 cm³/mol. The van der Waals surface area contributed by atoms with Gasteiger partial charge in [0.15, 0.2) is 0 Å². The van der Waals surface area contributed by atoms with Crippen molar-refractivity contribution >= 4 is 5.91 Å². The molecular weight excluding hydrogens is 252 g/mol. The van der Waals surface area contributed by atoms with Gasteiger partial charge in [0.05, 0.1) is 13.2 Å². The second-order valence-corrected chi connectivity index (χ2v) is 5.69. The molecule has 108 valence electrons. The van der Waals surface area contributed by atoms with Crippen LogP contribution in [0.5, 0.6) is 5.75 Å². The van der Waals surface area contributed by atoms with Crippen LogP contribution in [0, 0.1) is 0 Å². The lowest BCUT2D eigenvalue weighted by molar-refractivity contribution is -0.134. The van der Waals surface area contributed by atoms with E-state index in [4.69, 9.17) is 4.74 Å². The van der Waals surface area contributed by atoms with Gasteiger partial charge in [0.1, 0.15) is 5.75 Å². The lowest BCUT2D eigenvalue weighted by Crippen LogP contribution is -2.44. The molecule has 0 spiro atoms. The van der Waals surface area contributed by atoms with Gasteiger partial charge in [0.2, 0.25) is 5.91 Å². The van der Waals surface area contributed by atoms with E-state index in [1.807, 2.05) is 24.3 Å². The topological polar surface area (TPSA) is 41.6 Å². The highest BCUT2D eigenvalue weighted by molar-refractivity contribution is 5.82. The van der Waals surface area contributed by atoms with Crippen LogP contribution >= 0.6 is 0 Å². The molecule has 2 fully saturated rings. The number of rotatable bonds is 5. The molecule has 0 unspecified atom stereocenters. The summed E-state index contributed by atoms with van der Waals surface area (Å²) in [6.07, 6.45) is 4.38. The maximum Gasteiger partial charge on any atom is 0.240 e. The van der Waals surface area contributed by atoms with Crippen LogP contribution in [-0.4, -0.2) is 36.5 Å². The molecule has 1 aliphatic carbocycles. The third kappa shape index (κ3) is 2.96. The first-order chi connectivity index (χ1) is 9.78. The van der Waals surface area contributed by atoms with E-state index >= 15 is 0 Å². The van der Waals surface area contributed by atoms with Crippen molar-refractivity contribution in [2.45, 2.75) is 44.3 Å². The van der Waals surface area contributed by atoms with Crippen molar-refractivity contribution in [1.82, 2.24) is 10.2 Å². The molecule has 20 heavy (non-hydrogen) atoms. The minimum atomic E-state index is 0.0360. The summed E-state index contributed by atoms with van der Waals surface area (Å²) >= 11 is 0. The fourth-order valence-corrected chi connectivity index (χ4v) is 2.80. The van der Waals surface area contributed by atoms with Crippen LogP contribution in [0.15, 0.2) is 24.3 Å². The molecule has 1 amide bonds. The number of nitrogens with one attached hydrogen (secondary N) is 1. The Balaban J connectivity index is 1.68. The first kappa shape index (κ1) is 13.4. The lowest BCUT2D eigenvalue weighted by atomic mass is 10.1. The Bertz CT molecular complexity index is 462. The number of benzene rings is 1. The lowest BCUT2D eigenvalue weighted by Gasteiger charge is -2.26. The number of hydrogen-bond donors (Lipinski definition) is 1. The minimum Gasteiger partial charge on any atom is -0.497 e. The van der Waals surface area contributed by atoms with Gasteiger partial charge in [0, 0.05) is 12.6 Å². The maximum atomic E-state index is 12.6. The molecule has 1 atom stereocenters. The van der Waals surface area contributed by atoms with Crippen molar-refractivity contribution in [3.8, 4) is 5.75 Å². The molecule has 1 heterocycles. The van der Waals surface area contributed by atoms with Crippen LogP contribution in [0.3, 0.4) is 0 Å². The first-order valence-corrected chi connectivity index (χ1v) is 7.45. The fourth-order valence-electron chi connectivity index (χ4n) is 2.80. The highest BCUT2D eigenvalue weighted by Gasteiger charge is 2.36. The largest absolute Gasteiger partial charge is 0.497 e. The van der Waals surface area contributed by atoms with Crippen LogP contribution in [0.25, 0.3) is 0 Å². The molecule has 1 aromatic carbocycles. The zero-order chi connectivity index (χ0) is 13.9. The number of amides is 1. The van der Waals surface area contributed by atoms with Crippen molar-refractivity contribution in [2.75, 3.05) is 13.7 Å². The smallest absolute Gasteiger partial charge is 0.240 e. The van der Waals surface area contributed by atoms with Gasteiger partial charge >= 0.3 is 0 Å². The first-order valence-electron chi connectivity index (χ1n) is 7.45. The second-order valence-electron chi connectivity index (χ2n) is 5.69. The Hall–Kier alpha value is -1.55. The summed E-state index contributed by atoms with van der Waals surface area (Å²) in [5.74, 6) is 1.14. The van der Waals surface area contributed by atoms with Gasteiger partial charge in [-0.15, -0.1) is 0 Å². The Kier molecular flexibility index (Phi) is 3.92. The molecule has 0 radical (unpaired) electrons.